The van der Waals surface area contributed by atoms with E-state index in [1.807, 2.05) is 30.3 Å². The van der Waals surface area contributed by atoms with E-state index in [9.17, 15) is 0 Å². The molecule has 0 aliphatic heterocycles. The van der Waals surface area contributed by atoms with E-state index in [0.29, 0.717) is 5.92 Å². The average Bonchev–Trinajstić information content (AvgIpc) is 2.81. The molecule has 3 heteroatoms. The van der Waals surface area contributed by atoms with Crippen molar-refractivity contribution in [3.8, 4) is 0 Å². The second-order valence-corrected chi connectivity index (χ2v) is 3.96. The smallest absolute Gasteiger partial charge is 0.119 e. The number of benzene rings is 1. The molecule has 1 aliphatic rings. The van der Waals surface area contributed by atoms with E-state index in [1.54, 1.807) is 0 Å². The Labute approximate surface area is 90.4 Å². The van der Waals surface area contributed by atoms with Crippen LogP contribution in [0.2, 0.25) is 0 Å². The van der Waals surface area contributed by atoms with Gasteiger partial charge in [0.2, 0.25) is 0 Å². The van der Waals surface area contributed by atoms with Crippen molar-refractivity contribution in [2.75, 3.05) is 0 Å². The van der Waals surface area contributed by atoms with Crippen LogP contribution in [0.3, 0.4) is 0 Å². The Kier molecular flexibility index (Phi) is 3.35. The highest BCUT2D eigenvalue weighted by Gasteiger charge is 2.20. The van der Waals surface area contributed by atoms with Gasteiger partial charge in [0.25, 0.3) is 0 Å². The van der Waals surface area contributed by atoms with Crippen LogP contribution in [-0.2, 0) is 0 Å². The lowest BCUT2D eigenvalue weighted by Gasteiger charge is -2.12. The summed E-state index contributed by atoms with van der Waals surface area (Å²) in [4.78, 5) is 4.54. The third-order valence-electron chi connectivity index (χ3n) is 2.90. The van der Waals surface area contributed by atoms with Crippen LogP contribution in [0.1, 0.15) is 25.7 Å². The standard InChI is InChI=1S/C12H17N3/c13-15-12(10-6-4-5-7-10)14-11-8-2-1-3-9-11/h1-3,8-10H,4-7,13H2,(H,14,15). The molecule has 0 aromatic heterocycles. The normalized spacial score (nSPS) is 18.1. The van der Waals surface area contributed by atoms with E-state index in [2.05, 4.69) is 10.4 Å². The maximum Gasteiger partial charge on any atom is 0.119 e. The van der Waals surface area contributed by atoms with Gasteiger partial charge in [0.15, 0.2) is 0 Å². The molecule has 1 aromatic rings. The summed E-state index contributed by atoms with van der Waals surface area (Å²) in [6.45, 7) is 0. The summed E-state index contributed by atoms with van der Waals surface area (Å²) in [7, 11) is 0. The minimum Gasteiger partial charge on any atom is -0.312 e. The van der Waals surface area contributed by atoms with Gasteiger partial charge < -0.3 is 5.43 Å². The van der Waals surface area contributed by atoms with Crippen LogP contribution in [-0.4, -0.2) is 5.84 Å². The van der Waals surface area contributed by atoms with Crippen molar-refractivity contribution in [1.82, 2.24) is 5.43 Å². The highest BCUT2D eigenvalue weighted by Crippen LogP contribution is 2.26. The number of para-hydroxylation sites is 1. The van der Waals surface area contributed by atoms with Gasteiger partial charge in [0.1, 0.15) is 5.84 Å². The van der Waals surface area contributed by atoms with Crippen molar-refractivity contribution in [1.29, 1.82) is 0 Å². The zero-order valence-corrected chi connectivity index (χ0v) is 8.82. The van der Waals surface area contributed by atoms with Gasteiger partial charge in [-0.15, -0.1) is 0 Å². The molecule has 80 valence electrons. The zero-order valence-electron chi connectivity index (χ0n) is 8.82. The number of amidine groups is 1. The summed E-state index contributed by atoms with van der Waals surface area (Å²) in [6.07, 6.45) is 4.99. The molecule has 0 unspecified atom stereocenters. The Morgan fingerprint density at radius 2 is 1.87 bits per heavy atom. The summed E-state index contributed by atoms with van der Waals surface area (Å²) in [5, 5.41) is 0. The molecular weight excluding hydrogens is 186 g/mol. The first-order chi connectivity index (χ1) is 7.40. The molecule has 15 heavy (non-hydrogen) atoms. The Morgan fingerprint density at radius 3 is 2.47 bits per heavy atom. The number of rotatable bonds is 2. The molecule has 1 aliphatic carbocycles. The summed E-state index contributed by atoms with van der Waals surface area (Å²) < 4.78 is 0. The fourth-order valence-electron chi connectivity index (χ4n) is 2.08. The van der Waals surface area contributed by atoms with Gasteiger partial charge in [-0.05, 0) is 25.0 Å². The quantitative estimate of drug-likeness (QED) is 0.335. The zero-order chi connectivity index (χ0) is 10.5. The van der Waals surface area contributed by atoms with Crippen molar-refractivity contribution in [3.63, 3.8) is 0 Å². The molecule has 2 rings (SSSR count). The van der Waals surface area contributed by atoms with E-state index in [4.69, 9.17) is 5.84 Å². The topological polar surface area (TPSA) is 50.4 Å². The fraction of sp³-hybridized carbons (Fsp3) is 0.417. The molecule has 0 heterocycles. The maximum absolute atomic E-state index is 5.52. The number of hydrazine groups is 1. The minimum atomic E-state index is 0.523. The number of hydrogen-bond acceptors (Lipinski definition) is 2. The monoisotopic (exact) mass is 203 g/mol. The molecule has 3 N–H and O–H groups in total. The Balaban J connectivity index is 2.15. The largest absolute Gasteiger partial charge is 0.312 e. The van der Waals surface area contributed by atoms with Crippen LogP contribution in [0.5, 0.6) is 0 Å². The van der Waals surface area contributed by atoms with Crippen molar-refractivity contribution < 1.29 is 0 Å². The Morgan fingerprint density at radius 1 is 1.20 bits per heavy atom. The van der Waals surface area contributed by atoms with E-state index >= 15 is 0 Å². The molecule has 0 radical (unpaired) electrons. The minimum absolute atomic E-state index is 0.523. The second-order valence-electron chi connectivity index (χ2n) is 3.96. The molecule has 1 aromatic carbocycles. The van der Waals surface area contributed by atoms with E-state index < -0.39 is 0 Å². The summed E-state index contributed by atoms with van der Waals surface area (Å²) in [5.41, 5.74) is 3.71. The summed E-state index contributed by atoms with van der Waals surface area (Å²) in [6, 6.07) is 9.95. The van der Waals surface area contributed by atoms with Crippen molar-refractivity contribution in [2.24, 2.45) is 16.8 Å². The van der Waals surface area contributed by atoms with Crippen molar-refractivity contribution in [3.05, 3.63) is 30.3 Å². The summed E-state index contributed by atoms with van der Waals surface area (Å²) >= 11 is 0. The summed E-state index contributed by atoms with van der Waals surface area (Å²) in [5.74, 6) is 6.97. The lowest BCUT2D eigenvalue weighted by molar-refractivity contribution is 0.695. The average molecular weight is 203 g/mol. The maximum atomic E-state index is 5.52. The fourth-order valence-corrected chi connectivity index (χ4v) is 2.08. The predicted octanol–water partition coefficient (Wildman–Crippen LogP) is 2.37. The van der Waals surface area contributed by atoms with Crippen LogP contribution < -0.4 is 11.3 Å². The molecule has 3 nitrogen and oxygen atoms in total. The highest BCUT2D eigenvalue weighted by atomic mass is 15.3. The SMILES string of the molecule is NNC(=Nc1ccccc1)C1CCCC1. The lowest BCUT2D eigenvalue weighted by atomic mass is 10.1. The molecular formula is C12H17N3. The first-order valence-corrected chi connectivity index (χ1v) is 5.50. The number of hydrogen-bond donors (Lipinski definition) is 2. The van der Waals surface area contributed by atoms with Gasteiger partial charge in [-0.25, -0.2) is 10.8 Å². The van der Waals surface area contributed by atoms with Gasteiger partial charge in [-0.1, -0.05) is 31.0 Å². The third kappa shape index (κ3) is 2.57. The van der Waals surface area contributed by atoms with Crippen LogP contribution in [0.25, 0.3) is 0 Å². The number of nitrogens with zero attached hydrogens (tertiary/aromatic N) is 1. The second kappa shape index (κ2) is 4.94. The molecule has 0 saturated heterocycles. The van der Waals surface area contributed by atoms with E-state index in [0.717, 1.165) is 11.5 Å². The lowest BCUT2D eigenvalue weighted by Crippen LogP contribution is -2.35. The third-order valence-corrected chi connectivity index (χ3v) is 2.90. The van der Waals surface area contributed by atoms with Crippen molar-refractivity contribution >= 4 is 11.5 Å². The molecule has 0 spiro atoms. The first-order valence-electron chi connectivity index (χ1n) is 5.50. The van der Waals surface area contributed by atoms with Crippen LogP contribution in [0, 0.1) is 5.92 Å². The van der Waals surface area contributed by atoms with Gasteiger partial charge >= 0.3 is 0 Å². The van der Waals surface area contributed by atoms with Gasteiger partial charge in [-0.2, -0.15) is 0 Å². The van der Waals surface area contributed by atoms with E-state index in [-0.39, 0.29) is 0 Å². The number of nitrogens with one attached hydrogen (secondary N) is 1. The number of nitrogens with two attached hydrogens (primary N) is 1. The Bertz CT molecular complexity index is 326. The van der Waals surface area contributed by atoms with Crippen LogP contribution >= 0.6 is 0 Å². The van der Waals surface area contributed by atoms with Crippen LogP contribution in [0.15, 0.2) is 35.3 Å². The molecule has 1 fully saturated rings. The first kappa shape index (κ1) is 10.2. The van der Waals surface area contributed by atoms with Crippen molar-refractivity contribution in [2.45, 2.75) is 25.7 Å². The Hall–Kier alpha value is -1.35. The molecule has 1 saturated carbocycles. The van der Waals surface area contributed by atoms with E-state index in [1.165, 1.54) is 25.7 Å². The van der Waals surface area contributed by atoms with Gasteiger partial charge in [0, 0.05) is 5.92 Å². The van der Waals surface area contributed by atoms with Crippen LogP contribution in [0.4, 0.5) is 5.69 Å². The highest BCUT2D eigenvalue weighted by molar-refractivity contribution is 5.86. The predicted molar refractivity (Wildman–Crippen MR) is 62.8 cm³/mol. The number of aliphatic imine (C=N–C) groups is 1. The molecule has 0 bridgehead atoms. The van der Waals surface area contributed by atoms with Gasteiger partial charge in [-0.3, -0.25) is 0 Å². The molecule has 0 amide bonds. The molecule has 0 atom stereocenters. The van der Waals surface area contributed by atoms with Gasteiger partial charge in [0.05, 0.1) is 5.69 Å².